The van der Waals surface area contributed by atoms with Crippen LogP contribution in [0.25, 0.3) is 10.2 Å². The lowest BCUT2D eigenvalue weighted by atomic mass is 10.0. The number of rotatable bonds is 10. The normalized spacial score (nSPS) is 16.8. The number of hydrogen-bond donors (Lipinski definition) is 0. The number of nitrogens with zero attached hydrogens (tertiary/aromatic N) is 4. The number of piperidine rings is 1. The Kier molecular flexibility index (Phi) is 8.84. The maximum Gasteiger partial charge on any atom is 0.260 e. The number of thiazole rings is 1. The van der Waals surface area contributed by atoms with Crippen LogP contribution >= 0.6 is 11.3 Å². The highest BCUT2D eigenvalue weighted by Crippen LogP contribution is 2.35. The number of ether oxygens (including phenoxy) is 1. The molecule has 1 amide bonds. The van der Waals surface area contributed by atoms with Crippen LogP contribution in [-0.4, -0.2) is 74.9 Å². The van der Waals surface area contributed by atoms with Gasteiger partial charge in [-0.05, 0) is 76.7 Å². The maximum absolute atomic E-state index is 13.7. The zero-order chi connectivity index (χ0) is 26.6. The van der Waals surface area contributed by atoms with Crippen molar-refractivity contribution in [2.45, 2.75) is 50.5 Å². The first kappa shape index (κ1) is 27.5. The smallest absolute Gasteiger partial charge is 0.260 e. The fourth-order valence-corrected chi connectivity index (χ4v) is 7.42. The SMILES string of the molecule is CCOc1cccc2sc(N(CCN(C)C)C(=O)c3ccc(S(=O)(=O)N4CCCCC4CC)cc3)nc12. The van der Waals surface area contributed by atoms with E-state index in [2.05, 4.69) is 0 Å². The zero-order valence-corrected chi connectivity index (χ0v) is 23.6. The van der Waals surface area contributed by atoms with Gasteiger partial charge in [-0.3, -0.25) is 9.69 Å². The van der Waals surface area contributed by atoms with E-state index >= 15 is 0 Å². The molecule has 0 aliphatic carbocycles. The van der Waals surface area contributed by atoms with Crippen molar-refractivity contribution in [1.29, 1.82) is 0 Å². The fraction of sp³-hybridized carbons (Fsp3) is 0.481. The van der Waals surface area contributed by atoms with E-state index in [4.69, 9.17) is 9.72 Å². The van der Waals surface area contributed by atoms with Gasteiger partial charge in [0.15, 0.2) is 5.13 Å². The van der Waals surface area contributed by atoms with Crippen molar-refractivity contribution in [3.05, 3.63) is 48.0 Å². The summed E-state index contributed by atoms with van der Waals surface area (Å²) in [6, 6.07) is 12.1. The average molecular weight is 545 g/mol. The fourth-order valence-electron chi connectivity index (χ4n) is 4.64. The summed E-state index contributed by atoms with van der Waals surface area (Å²) in [6.45, 7) is 6.13. The van der Waals surface area contributed by atoms with Crippen molar-refractivity contribution >= 4 is 42.6 Å². The molecule has 1 fully saturated rings. The summed E-state index contributed by atoms with van der Waals surface area (Å²) in [7, 11) is 0.303. The van der Waals surface area contributed by atoms with Gasteiger partial charge in [-0.25, -0.2) is 13.4 Å². The molecule has 1 saturated heterocycles. The van der Waals surface area contributed by atoms with Crippen LogP contribution in [0.1, 0.15) is 49.9 Å². The van der Waals surface area contributed by atoms with Crippen LogP contribution in [0.3, 0.4) is 0 Å². The molecule has 0 bridgehead atoms. The van der Waals surface area contributed by atoms with E-state index in [0.29, 0.717) is 42.7 Å². The summed E-state index contributed by atoms with van der Waals surface area (Å²) in [5.74, 6) is 0.479. The lowest BCUT2D eigenvalue weighted by Gasteiger charge is -2.34. The number of amides is 1. The van der Waals surface area contributed by atoms with Crippen molar-refractivity contribution < 1.29 is 17.9 Å². The number of anilines is 1. The Balaban J connectivity index is 1.63. The minimum absolute atomic E-state index is 0.0298. The molecule has 2 aromatic carbocycles. The highest BCUT2D eigenvalue weighted by Gasteiger charge is 2.32. The summed E-state index contributed by atoms with van der Waals surface area (Å²) in [4.78, 5) is 22.4. The molecule has 0 radical (unpaired) electrons. The average Bonchev–Trinajstić information content (AvgIpc) is 3.33. The second kappa shape index (κ2) is 11.9. The monoisotopic (exact) mass is 544 g/mol. The molecule has 0 saturated carbocycles. The third-order valence-corrected chi connectivity index (χ3v) is 9.68. The van der Waals surface area contributed by atoms with Crippen LogP contribution in [0.15, 0.2) is 47.4 Å². The standard InChI is InChI=1S/C27H36N4O4S2/c1-5-21-10-7-8-17-31(21)37(33,34)22-15-13-20(14-16-22)26(32)30(19-18-29(3)4)27-28-25-23(35-6-2)11-9-12-24(25)36-27/h9,11-16,21H,5-8,10,17-19H2,1-4H3. The van der Waals surface area contributed by atoms with Gasteiger partial charge in [0.1, 0.15) is 11.3 Å². The molecule has 1 atom stereocenters. The number of benzene rings is 2. The van der Waals surface area contributed by atoms with E-state index in [1.54, 1.807) is 33.5 Å². The third kappa shape index (κ3) is 5.98. The van der Waals surface area contributed by atoms with Gasteiger partial charge in [0.2, 0.25) is 10.0 Å². The van der Waals surface area contributed by atoms with Crippen molar-refractivity contribution in [2.75, 3.05) is 45.2 Å². The minimum atomic E-state index is -3.61. The van der Waals surface area contributed by atoms with Crippen molar-refractivity contribution in [3.8, 4) is 5.75 Å². The zero-order valence-electron chi connectivity index (χ0n) is 22.0. The second-order valence-electron chi connectivity index (χ2n) is 9.49. The number of carbonyl (C=O) groups excluding carboxylic acids is 1. The van der Waals surface area contributed by atoms with Crippen molar-refractivity contribution in [1.82, 2.24) is 14.2 Å². The first-order chi connectivity index (χ1) is 17.8. The Morgan fingerprint density at radius 3 is 2.54 bits per heavy atom. The molecule has 1 unspecified atom stereocenters. The second-order valence-corrected chi connectivity index (χ2v) is 12.4. The molecule has 3 aromatic rings. The topological polar surface area (TPSA) is 83.0 Å². The summed E-state index contributed by atoms with van der Waals surface area (Å²) < 4.78 is 35.0. The van der Waals surface area contributed by atoms with Gasteiger partial charge in [-0.15, -0.1) is 0 Å². The number of para-hydroxylation sites is 1. The molecule has 0 N–H and O–H groups in total. The first-order valence-corrected chi connectivity index (χ1v) is 15.1. The predicted molar refractivity (Wildman–Crippen MR) is 149 cm³/mol. The lowest BCUT2D eigenvalue weighted by molar-refractivity contribution is 0.0985. The number of fused-ring (bicyclic) bond motifs is 1. The summed E-state index contributed by atoms with van der Waals surface area (Å²) in [5.41, 5.74) is 1.16. The van der Waals surface area contributed by atoms with Crippen LogP contribution in [0.5, 0.6) is 5.75 Å². The molecule has 200 valence electrons. The van der Waals surface area contributed by atoms with Gasteiger partial charge in [0.25, 0.3) is 5.91 Å². The molecule has 1 aromatic heterocycles. The molecular formula is C27H36N4O4S2. The van der Waals surface area contributed by atoms with Crippen molar-refractivity contribution in [3.63, 3.8) is 0 Å². The number of aromatic nitrogens is 1. The Morgan fingerprint density at radius 1 is 1.11 bits per heavy atom. The first-order valence-electron chi connectivity index (χ1n) is 12.9. The van der Waals surface area contributed by atoms with Gasteiger partial charge in [-0.1, -0.05) is 30.7 Å². The van der Waals surface area contributed by atoms with Crippen LogP contribution < -0.4 is 9.64 Å². The molecule has 4 rings (SSSR count). The molecule has 2 heterocycles. The van der Waals surface area contributed by atoms with Crippen LogP contribution in [-0.2, 0) is 10.0 Å². The summed E-state index contributed by atoms with van der Waals surface area (Å²) >= 11 is 1.44. The highest BCUT2D eigenvalue weighted by atomic mass is 32.2. The largest absolute Gasteiger partial charge is 0.492 e. The van der Waals surface area contributed by atoms with E-state index in [1.165, 1.54) is 11.3 Å². The van der Waals surface area contributed by atoms with Crippen LogP contribution in [0.4, 0.5) is 5.13 Å². The molecule has 37 heavy (non-hydrogen) atoms. The minimum Gasteiger partial charge on any atom is -0.492 e. The Morgan fingerprint density at radius 2 is 1.86 bits per heavy atom. The van der Waals surface area contributed by atoms with Gasteiger partial charge >= 0.3 is 0 Å². The van der Waals surface area contributed by atoms with Gasteiger partial charge in [-0.2, -0.15) is 4.31 Å². The van der Waals surface area contributed by atoms with E-state index in [1.807, 2.05) is 51.0 Å². The summed E-state index contributed by atoms with van der Waals surface area (Å²) in [6.07, 6.45) is 3.61. The number of sulfonamides is 1. The third-order valence-electron chi connectivity index (χ3n) is 6.67. The molecule has 0 spiro atoms. The number of likely N-dealkylation sites (N-methyl/N-ethyl adjacent to an activating group) is 1. The predicted octanol–water partition coefficient (Wildman–Crippen LogP) is 4.86. The van der Waals surface area contributed by atoms with Crippen LogP contribution in [0, 0.1) is 0 Å². The van der Waals surface area contributed by atoms with E-state index in [9.17, 15) is 13.2 Å². The quantitative estimate of drug-likeness (QED) is 0.363. The molecule has 10 heteroatoms. The van der Waals surface area contributed by atoms with Gasteiger partial charge < -0.3 is 9.64 Å². The Bertz CT molecular complexity index is 1320. The van der Waals surface area contributed by atoms with Gasteiger partial charge in [0, 0.05) is 31.2 Å². The van der Waals surface area contributed by atoms with E-state index in [0.717, 1.165) is 35.9 Å². The van der Waals surface area contributed by atoms with Crippen molar-refractivity contribution in [2.24, 2.45) is 0 Å². The molecule has 1 aliphatic rings. The maximum atomic E-state index is 13.7. The molecule has 8 nitrogen and oxygen atoms in total. The number of carbonyl (C=O) groups is 1. The van der Waals surface area contributed by atoms with Gasteiger partial charge in [0.05, 0.1) is 16.2 Å². The highest BCUT2D eigenvalue weighted by molar-refractivity contribution is 7.89. The van der Waals surface area contributed by atoms with Crippen LogP contribution in [0.2, 0.25) is 0 Å². The Labute approximate surface area is 223 Å². The number of hydrogen-bond acceptors (Lipinski definition) is 7. The summed E-state index contributed by atoms with van der Waals surface area (Å²) in [5, 5.41) is 0.588. The van der Waals surface area contributed by atoms with E-state index < -0.39 is 10.0 Å². The molecular weight excluding hydrogens is 508 g/mol. The molecule has 1 aliphatic heterocycles. The lowest BCUT2D eigenvalue weighted by Crippen LogP contribution is -2.43. The Hall–Kier alpha value is -2.53. The van der Waals surface area contributed by atoms with E-state index in [-0.39, 0.29) is 16.8 Å².